The van der Waals surface area contributed by atoms with Gasteiger partial charge < -0.3 is 15.4 Å². The molecule has 1 heterocycles. The molecule has 2 N–H and O–H groups in total. The SMILES string of the molecule is CCC[C@@H](N)C(=O)N1CCCC(OC)C1. The zero-order valence-electron chi connectivity index (χ0n) is 9.74. The van der Waals surface area contributed by atoms with E-state index in [0.717, 1.165) is 32.2 Å². The smallest absolute Gasteiger partial charge is 0.239 e. The molecule has 2 atom stereocenters. The van der Waals surface area contributed by atoms with Crippen molar-refractivity contribution in [1.29, 1.82) is 0 Å². The minimum Gasteiger partial charge on any atom is -0.380 e. The molecule has 1 aliphatic heterocycles. The lowest BCUT2D eigenvalue weighted by atomic mass is 10.1. The van der Waals surface area contributed by atoms with E-state index in [1.165, 1.54) is 0 Å². The Hall–Kier alpha value is -0.610. The Kier molecular flexibility index (Phi) is 5.05. The Morgan fingerprint density at radius 3 is 3.00 bits per heavy atom. The van der Waals surface area contributed by atoms with Crippen molar-refractivity contribution < 1.29 is 9.53 Å². The average molecular weight is 214 g/mol. The maximum Gasteiger partial charge on any atom is 0.239 e. The third-order valence-electron chi connectivity index (χ3n) is 2.94. The molecule has 0 radical (unpaired) electrons. The number of hydrogen-bond acceptors (Lipinski definition) is 3. The molecule has 4 nitrogen and oxygen atoms in total. The second kappa shape index (κ2) is 6.08. The van der Waals surface area contributed by atoms with Crippen LogP contribution in [0, 0.1) is 0 Å². The van der Waals surface area contributed by atoms with Crippen LogP contribution in [0.15, 0.2) is 0 Å². The van der Waals surface area contributed by atoms with Crippen molar-refractivity contribution in [2.45, 2.75) is 44.8 Å². The van der Waals surface area contributed by atoms with Gasteiger partial charge in [-0.1, -0.05) is 13.3 Å². The largest absolute Gasteiger partial charge is 0.380 e. The summed E-state index contributed by atoms with van der Waals surface area (Å²) in [4.78, 5) is 13.7. The molecule has 1 rings (SSSR count). The maximum atomic E-state index is 11.9. The molecule has 15 heavy (non-hydrogen) atoms. The van der Waals surface area contributed by atoms with Crippen LogP contribution < -0.4 is 5.73 Å². The summed E-state index contributed by atoms with van der Waals surface area (Å²) in [5, 5.41) is 0. The molecule has 4 heteroatoms. The van der Waals surface area contributed by atoms with E-state index in [1.807, 2.05) is 11.8 Å². The molecule has 1 unspecified atom stereocenters. The van der Waals surface area contributed by atoms with Crippen LogP contribution in [0.5, 0.6) is 0 Å². The van der Waals surface area contributed by atoms with Crippen LogP contribution in [0.3, 0.4) is 0 Å². The quantitative estimate of drug-likeness (QED) is 0.751. The molecule has 0 bridgehead atoms. The van der Waals surface area contributed by atoms with E-state index in [9.17, 15) is 4.79 Å². The number of nitrogens with zero attached hydrogens (tertiary/aromatic N) is 1. The first kappa shape index (κ1) is 12.5. The van der Waals surface area contributed by atoms with Gasteiger partial charge in [0.1, 0.15) is 0 Å². The van der Waals surface area contributed by atoms with Crippen molar-refractivity contribution in [3.05, 3.63) is 0 Å². The van der Waals surface area contributed by atoms with Crippen molar-refractivity contribution in [2.75, 3.05) is 20.2 Å². The fraction of sp³-hybridized carbons (Fsp3) is 0.909. The van der Waals surface area contributed by atoms with Gasteiger partial charge in [-0.3, -0.25) is 4.79 Å². The van der Waals surface area contributed by atoms with Crippen molar-refractivity contribution in [3.63, 3.8) is 0 Å². The molecule has 0 aromatic carbocycles. The number of piperidine rings is 1. The van der Waals surface area contributed by atoms with Gasteiger partial charge in [-0.15, -0.1) is 0 Å². The van der Waals surface area contributed by atoms with Crippen LogP contribution in [-0.2, 0) is 9.53 Å². The fourth-order valence-electron chi connectivity index (χ4n) is 2.00. The Morgan fingerprint density at radius 1 is 1.67 bits per heavy atom. The topological polar surface area (TPSA) is 55.6 Å². The predicted octanol–water partition coefficient (Wildman–Crippen LogP) is 0.751. The fourth-order valence-corrected chi connectivity index (χ4v) is 2.00. The highest BCUT2D eigenvalue weighted by Crippen LogP contribution is 2.13. The standard InChI is InChI=1S/C11H22N2O2/c1-3-5-10(12)11(14)13-7-4-6-9(8-13)15-2/h9-10H,3-8,12H2,1-2H3/t9?,10-/m1/s1. The molecule has 0 aromatic rings. The Balaban J connectivity index is 2.44. The summed E-state index contributed by atoms with van der Waals surface area (Å²) in [5.74, 6) is 0.0820. The third-order valence-corrected chi connectivity index (χ3v) is 2.94. The second-order valence-electron chi connectivity index (χ2n) is 4.18. The highest BCUT2D eigenvalue weighted by molar-refractivity contribution is 5.81. The summed E-state index contributed by atoms with van der Waals surface area (Å²) in [7, 11) is 1.70. The molecule has 88 valence electrons. The summed E-state index contributed by atoms with van der Waals surface area (Å²) in [6.07, 6.45) is 3.98. The lowest BCUT2D eigenvalue weighted by molar-refractivity contribution is -0.136. The Bertz CT molecular complexity index is 209. The summed E-state index contributed by atoms with van der Waals surface area (Å²) in [5.41, 5.74) is 5.81. The van der Waals surface area contributed by atoms with E-state index < -0.39 is 0 Å². The minimum absolute atomic E-state index is 0.0820. The maximum absolute atomic E-state index is 11.9. The lowest BCUT2D eigenvalue weighted by Gasteiger charge is -2.33. The molecular weight excluding hydrogens is 192 g/mol. The highest BCUT2D eigenvalue weighted by atomic mass is 16.5. The normalized spacial score (nSPS) is 23.9. The molecule has 0 aliphatic carbocycles. The first-order valence-corrected chi connectivity index (χ1v) is 5.76. The van der Waals surface area contributed by atoms with Gasteiger partial charge in [0, 0.05) is 20.2 Å². The Morgan fingerprint density at radius 2 is 2.40 bits per heavy atom. The number of carbonyl (C=O) groups excluding carboxylic acids is 1. The molecule has 0 saturated carbocycles. The zero-order chi connectivity index (χ0) is 11.3. The third kappa shape index (κ3) is 3.47. The molecule has 1 fully saturated rings. The van der Waals surface area contributed by atoms with Crippen LogP contribution in [-0.4, -0.2) is 43.2 Å². The number of nitrogens with two attached hydrogens (primary N) is 1. The molecule has 1 saturated heterocycles. The monoisotopic (exact) mass is 214 g/mol. The van der Waals surface area contributed by atoms with Gasteiger partial charge in [0.15, 0.2) is 0 Å². The van der Waals surface area contributed by atoms with Crippen LogP contribution in [0.4, 0.5) is 0 Å². The lowest BCUT2D eigenvalue weighted by Crippen LogP contribution is -2.49. The van der Waals surface area contributed by atoms with Gasteiger partial charge in [-0.25, -0.2) is 0 Å². The van der Waals surface area contributed by atoms with Crippen LogP contribution >= 0.6 is 0 Å². The zero-order valence-corrected chi connectivity index (χ0v) is 9.74. The Labute approximate surface area is 91.8 Å². The van der Waals surface area contributed by atoms with E-state index in [4.69, 9.17) is 10.5 Å². The number of ether oxygens (including phenoxy) is 1. The molecule has 0 aromatic heterocycles. The van der Waals surface area contributed by atoms with E-state index in [0.29, 0.717) is 6.54 Å². The molecular formula is C11H22N2O2. The second-order valence-corrected chi connectivity index (χ2v) is 4.18. The first-order chi connectivity index (χ1) is 7.19. The number of methoxy groups -OCH3 is 1. The van der Waals surface area contributed by atoms with Gasteiger partial charge in [0.2, 0.25) is 5.91 Å². The van der Waals surface area contributed by atoms with Gasteiger partial charge in [0.05, 0.1) is 12.1 Å². The number of rotatable bonds is 4. The average Bonchev–Trinajstić information content (AvgIpc) is 2.28. The van der Waals surface area contributed by atoms with Crippen molar-refractivity contribution in [1.82, 2.24) is 4.90 Å². The molecule has 1 aliphatic rings. The van der Waals surface area contributed by atoms with Gasteiger partial charge in [-0.05, 0) is 19.3 Å². The van der Waals surface area contributed by atoms with Crippen molar-refractivity contribution in [3.8, 4) is 0 Å². The van der Waals surface area contributed by atoms with E-state index in [2.05, 4.69) is 0 Å². The van der Waals surface area contributed by atoms with Crippen LogP contribution in [0.2, 0.25) is 0 Å². The van der Waals surface area contributed by atoms with Crippen molar-refractivity contribution in [2.24, 2.45) is 5.73 Å². The summed E-state index contributed by atoms with van der Waals surface area (Å²) < 4.78 is 5.28. The van der Waals surface area contributed by atoms with Gasteiger partial charge in [-0.2, -0.15) is 0 Å². The summed E-state index contributed by atoms with van der Waals surface area (Å²) in [6, 6.07) is -0.328. The van der Waals surface area contributed by atoms with Gasteiger partial charge >= 0.3 is 0 Å². The number of likely N-dealkylation sites (tertiary alicyclic amines) is 1. The number of carbonyl (C=O) groups is 1. The molecule has 0 spiro atoms. The van der Waals surface area contributed by atoms with E-state index >= 15 is 0 Å². The number of hydrogen-bond donors (Lipinski definition) is 1. The number of amides is 1. The minimum atomic E-state index is -0.328. The summed E-state index contributed by atoms with van der Waals surface area (Å²) in [6.45, 7) is 3.57. The van der Waals surface area contributed by atoms with E-state index in [-0.39, 0.29) is 18.1 Å². The van der Waals surface area contributed by atoms with Crippen LogP contribution in [0.25, 0.3) is 0 Å². The highest BCUT2D eigenvalue weighted by Gasteiger charge is 2.26. The summed E-state index contributed by atoms with van der Waals surface area (Å²) >= 11 is 0. The predicted molar refractivity (Wildman–Crippen MR) is 59.5 cm³/mol. The molecule has 1 amide bonds. The van der Waals surface area contributed by atoms with Crippen molar-refractivity contribution >= 4 is 5.91 Å². The first-order valence-electron chi connectivity index (χ1n) is 5.76. The van der Waals surface area contributed by atoms with Gasteiger partial charge in [0.25, 0.3) is 0 Å². The van der Waals surface area contributed by atoms with E-state index in [1.54, 1.807) is 7.11 Å². The van der Waals surface area contributed by atoms with Crippen LogP contribution in [0.1, 0.15) is 32.6 Å².